The monoisotopic (exact) mass is 546 g/mol. The predicted octanol–water partition coefficient (Wildman–Crippen LogP) is 8.31. The van der Waals surface area contributed by atoms with Crippen LogP contribution >= 0.6 is 0 Å². The lowest BCUT2D eigenvalue weighted by molar-refractivity contribution is 0.0697. The van der Waals surface area contributed by atoms with Gasteiger partial charge in [-0.1, -0.05) is 108 Å². The fourth-order valence-corrected chi connectivity index (χ4v) is 4.73. The molecule has 0 aliphatic rings. The third-order valence-corrected chi connectivity index (χ3v) is 6.97. The standard InChI is InChI=1S/C37H38O4/c1-36(2,3)30-19-17-27(18-20-30)31-22-29(32(38)21-14-25-12-15-28(16-13-25)35(39)40)23-33(34(31)37(4,5)6)41-24-26-10-8-7-9-11-26/h7-13,15-20,22-23,32,38H,24H2,1-6H3,(H,39,40). The molecule has 4 aromatic carbocycles. The van der Waals surface area contributed by atoms with Crippen LogP contribution in [0.5, 0.6) is 5.75 Å². The quantitative estimate of drug-likeness (QED) is 0.239. The molecule has 0 heterocycles. The highest BCUT2D eigenvalue weighted by molar-refractivity contribution is 5.87. The normalized spacial score (nSPS) is 12.3. The van der Waals surface area contributed by atoms with Gasteiger partial charge in [0.05, 0.1) is 5.56 Å². The Balaban J connectivity index is 1.81. The molecular formula is C37H38O4. The summed E-state index contributed by atoms with van der Waals surface area (Å²) in [6, 6.07) is 28.8. The lowest BCUT2D eigenvalue weighted by atomic mass is 9.79. The summed E-state index contributed by atoms with van der Waals surface area (Å²) in [6.07, 6.45) is -1.07. The first-order chi connectivity index (χ1) is 19.3. The fourth-order valence-electron chi connectivity index (χ4n) is 4.73. The number of aliphatic hydroxyl groups excluding tert-OH is 1. The van der Waals surface area contributed by atoms with Crippen molar-refractivity contribution in [2.75, 3.05) is 0 Å². The van der Waals surface area contributed by atoms with Crippen LogP contribution in [0.25, 0.3) is 11.1 Å². The number of benzene rings is 4. The number of rotatable bonds is 6. The minimum absolute atomic E-state index is 0.0334. The summed E-state index contributed by atoms with van der Waals surface area (Å²) >= 11 is 0. The Bertz CT molecular complexity index is 1560. The van der Waals surface area contributed by atoms with Gasteiger partial charge in [-0.15, -0.1) is 0 Å². The van der Waals surface area contributed by atoms with Crippen LogP contribution in [-0.2, 0) is 17.4 Å². The summed E-state index contributed by atoms with van der Waals surface area (Å²) in [5.74, 6) is 5.63. The molecule has 1 unspecified atom stereocenters. The highest BCUT2D eigenvalue weighted by Gasteiger charge is 2.26. The zero-order valence-corrected chi connectivity index (χ0v) is 24.7. The molecule has 0 fully saturated rings. The van der Waals surface area contributed by atoms with Crippen molar-refractivity contribution in [3.8, 4) is 28.7 Å². The zero-order chi connectivity index (χ0) is 29.8. The third kappa shape index (κ3) is 7.45. The van der Waals surface area contributed by atoms with E-state index in [2.05, 4.69) is 77.6 Å². The van der Waals surface area contributed by atoms with Crippen molar-refractivity contribution in [2.24, 2.45) is 0 Å². The van der Waals surface area contributed by atoms with Gasteiger partial charge in [0.15, 0.2) is 0 Å². The van der Waals surface area contributed by atoms with Crippen LogP contribution < -0.4 is 4.74 Å². The van der Waals surface area contributed by atoms with Crippen molar-refractivity contribution >= 4 is 5.97 Å². The molecule has 4 heteroatoms. The second kappa shape index (κ2) is 12.0. The van der Waals surface area contributed by atoms with Gasteiger partial charge in [0.1, 0.15) is 18.5 Å². The predicted molar refractivity (Wildman–Crippen MR) is 165 cm³/mol. The van der Waals surface area contributed by atoms with E-state index in [1.54, 1.807) is 12.1 Å². The number of aliphatic hydroxyl groups is 1. The van der Waals surface area contributed by atoms with E-state index in [-0.39, 0.29) is 16.4 Å². The van der Waals surface area contributed by atoms with Crippen LogP contribution in [0.1, 0.15) is 85.8 Å². The first kappa shape index (κ1) is 29.6. The van der Waals surface area contributed by atoms with Gasteiger partial charge in [-0.2, -0.15) is 0 Å². The van der Waals surface area contributed by atoms with E-state index in [9.17, 15) is 9.90 Å². The Morgan fingerprint density at radius 3 is 2.02 bits per heavy atom. The van der Waals surface area contributed by atoms with E-state index in [0.29, 0.717) is 23.5 Å². The van der Waals surface area contributed by atoms with Crippen molar-refractivity contribution in [3.63, 3.8) is 0 Å². The Labute approximate surface area is 243 Å². The molecule has 0 amide bonds. The summed E-state index contributed by atoms with van der Waals surface area (Å²) in [7, 11) is 0. The molecule has 0 aromatic heterocycles. The molecule has 2 N–H and O–H groups in total. The largest absolute Gasteiger partial charge is 0.489 e. The first-order valence-electron chi connectivity index (χ1n) is 13.8. The molecule has 0 saturated carbocycles. The molecule has 0 radical (unpaired) electrons. The SMILES string of the molecule is CC(C)(C)c1ccc(-c2cc(C(O)C#Cc3ccc(C(=O)O)cc3)cc(OCc3ccccc3)c2C(C)(C)C)cc1. The molecular weight excluding hydrogens is 508 g/mol. The number of hydrogen-bond donors (Lipinski definition) is 2. The van der Waals surface area contributed by atoms with E-state index >= 15 is 0 Å². The molecule has 4 rings (SSSR count). The van der Waals surface area contributed by atoms with Gasteiger partial charge in [-0.25, -0.2) is 4.79 Å². The molecule has 0 aliphatic heterocycles. The first-order valence-corrected chi connectivity index (χ1v) is 13.8. The van der Waals surface area contributed by atoms with Crippen molar-refractivity contribution < 1.29 is 19.7 Å². The van der Waals surface area contributed by atoms with Crippen molar-refractivity contribution in [3.05, 3.63) is 124 Å². The number of aromatic carboxylic acids is 1. The molecule has 0 aliphatic carbocycles. The molecule has 210 valence electrons. The maximum absolute atomic E-state index is 11.2. The van der Waals surface area contributed by atoms with E-state index in [0.717, 1.165) is 22.3 Å². The zero-order valence-electron chi connectivity index (χ0n) is 24.7. The Morgan fingerprint density at radius 2 is 1.46 bits per heavy atom. The van der Waals surface area contributed by atoms with E-state index in [1.165, 1.54) is 17.7 Å². The summed E-state index contributed by atoms with van der Waals surface area (Å²) in [4.78, 5) is 11.2. The Hall–Kier alpha value is -4.33. The average Bonchev–Trinajstić information content (AvgIpc) is 2.94. The third-order valence-electron chi connectivity index (χ3n) is 6.97. The number of carboxylic acid groups (broad SMARTS) is 1. The van der Waals surface area contributed by atoms with Gasteiger partial charge in [0.25, 0.3) is 0 Å². The second-order valence-electron chi connectivity index (χ2n) is 12.3. The lowest BCUT2D eigenvalue weighted by Gasteiger charge is -2.28. The molecule has 0 saturated heterocycles. The minimum atomic E-state index is -1.07. The van der Waals surface area contributed by atoms with Gasteiger partial charge in [0.2, 0.25) is 0 Å². The van der Waals surface area contributed by atoms with Crippen LogP contribution in [0, 0.1) is 11.8 Å². The molecule has 4 aromatic rings. The maximum Gasteiger partial charge on any atom is 0.335 e. The van der Waals surface area contributed by atoms with Crippen LogP contribution in [0.4, 0.5) is 0 Å². The van der Waals surface area contributed by atoms with Crippen LogP contribution in [0.15, 0.2) is 91.0 Å². The number of hydrogen-bond acceptors (Lipinski definition) is 3. The average molecular weight is 547 g/mol. The second-order valence-corrected chi connectivity index (χ2v) is 12.3. The lowest BCUT2D eigenvalue weighted by Crippen LogP contribution is -2.16. The maximum atomic E-state index is 11.2. The number of carbonyl (C=O) groups is 1. The molecule has 0 bridgehead atoms. The van der Waals surface area contributed by atoms with E-state index < -0.39 is 12.1 Å². The van der Waals surface area contributed by atoms with Gasteiger partial charge in [0, 0.05) is 11.1 Å². The Morgan fingerprint density at radius 1 is 0.829 bits per heavy atom. The van der Waals surface area contributed by atoms with Crippen molar-refractivity contribution in [1.29, 1.82) is 0 Å². The Kier molecular flexibility index (Phi) is 8.71. The number of carboxylic acids is 1. The van der Waals surface area contributed by atoms with Crippen molar-refractivity contribution in [1.82, 2.24) is 0 Å². The summed E-state index contributed by atoms with van der Waals surface area (Å²) < 4.78 is 6.46. The molecule has 0 spiro atoms. The highest BCUT2D eigenvalue weighted by atomic mass is 16.5. The summed E-state index contributed by atoms with van der Waals surface area (Å²) in [5, 5.41) is 20.4. The minimum Gasteiger partial charge on any atom is -0.489 e. The molecule has 41 heavy (non-hydrogen) atoms. The van der Waals surface area contributed by atoms with Crippen molar-refractivity contribution in [2.45, 2.75) is 65.1 Å². The van der Waals surface area contributed by atoms with E-state index in [4.69, 9.17) is 9.84 Å². The van der Waals surface area contributed by atoms with Gasteiger partial charge < -0.3 is 14.9 Å². The smallest absolute Gasteiger partial charge is 0.335 e. The van der Waals surface area contributed by atoms with Gasteiger partial charge in [-0.05, 0) is 75.0 Å². The summed E-state index contributed by atoms with van der Waals surface area (Å²) in [5.41, 5.74) is 6.63. The molecule has 1 atom stereocenters. The van der Waals surface area contributed by atoms with Crippen LogP contribution in [0.2, 0.25) is 0 Å². The van der Waals surface area contributed by atoms with Crippen LogP contribution in [-0.4, -0.2) is 16.2 Å². The highest BCUT2D eigenvalue weighted by Crippen LogP contribution is 2.42. The number of ether oxygens (including phenoxy) is 1. The van der Waals surface area contributed by atoms with Crippen LogP contribution in [0.3, 0.4) is 0 Å². The topological polar surface area (TPSA) is 66.8 Å². The van der Waals surface area contributed by atoms with Gasteiger partial charge >= 0.3 is 5.97 Å². The fraction of sp³-hybridized carbons (Fsp3) is 0.270. The van der Waals surface area contributed by atoms with E-state index in [1.807, 2.05) is 42.5 Å². The molecule has 4 nitrogen and oxygen atoms in total. The van der Waals surface area contributed by atoms with Gasteiger partial charge in [-0.3, -0.25) is 0 Å². The summed E-state index contributed by atoms with van der Waals surface area (Å²) in [6.45, 7) is 13.5.